The van der Waals surface area contributed by atoms with E-state index in [1.807, 2.05) is 0 Å². The molecule has 428 valence electrons. The van der Waals surface area contributed by atoms with Gasteiger partial charge in [-0.15, -0.1) is 0 Å². The molecule has 0 saturated carbocycles. The van der Waals surface area contributed by atoms with Crippen LogP contribution in [0.25, 0.3) is 0 Å². The molecule has 0 saturated heterocycles. The van der Waals surface area contributed by atoms with Gasteiger partial charge in [0.05, 0.1) is 0 Å². The predicted octanol–water partition coefficient (Wildman–Crippen LogP) is 22.0. The van der Waals surface area contributed by atoms with Gasteiger partial charge in [0.25, 0.3) is 0 Å². The monoisotopic (exact) mass is 1020 g/mol. The summed E-state index contributed by atoms with van der Waals surface area (Å²) in [7, 11) is 0. The van der Waals surface area contributed by atoms with E-state index in [-0.39, 0.29) is 31.1 Å². The van der Waals surface area contributed by atoms with Gasteiger partial charge in [0.15, 0.2) is 6.10 Å². The minimum atomic E-state index is -0.770. The smallest absolute Gasteiger partial charge is 0.306 e. The molecule has 0 aliphatic carbocycles. The molecule has 0 aromatic heterocycles. The first-order chi connectivity index (χ1) is 36.0. The summed E-state index contributed by atoms with van der Waals surface area (Å²) < 4.78 is 16.8. The third kappa shape index (κ3) is 60.4. The normalized spacial score (nSPS) is 12.2. The van der Waals surface area contributed by atoms with E-state index in [0.29, 0.717) is 19.3 Å². The molecular formula is C67H124O6. The number of hydrogen-bond donors (Lipinski definition) is 0. The van der Waals surface area contributed by atoms with Crippen molar-refractivity contribution in [2.45, 2.75) is 361 Å². The lowest BCUT2D eigenvalue weighted by molar-refractivity contribution is -0.167. The second-order valence-electron chi connectivity index (χ2n) is 22.0. The van der Waals surface area contributed by atoms with Crippen LogP contribution in [0.3, 0.4) is 0 Å². The van der Waals surface area contributed by atoms with Crippen molar-refractivity contribution in [3.8, 4) is 0 Å². The Morgan fingerprint density at radius 1 is 0.274 bits per heavy atom. The standard InChI is InChI=1S/C67H124O6/c1-4-7-10-13-16-19-22-23-24-25-26-27-28-29-30-31-32-33-34-35-36-37-38-39-40-41-42-43-44-45-46-49-51-54-57-60-66(69)72-63-64(73-67(70)61-58-55-52-48-21-18-15-12-9-6-3)62-71-65(68)59-56-53-50-47-20-17-14-11-8-5-2/h12,15,22-23,25-26,64H,4-11,13-14,16-21,24,27-63H2,1-3H3/b15-12-,23-22-,26-25-. The predicted molar refractivity (Wildman–Crippen MR) is 316 cm³/mol. The second kappa shape index (κ2) is 62.2. The van der Waals surface area contributed by atoms with Crippen LogP contribution in [-0.2, 0) is 28.6 Å². The molecule has 0 amide bonds. The van der Waals surface area contributed by atoms with E-state index in [2.05, 4.69) is 57.2 Å². The number of unbranched alkanes of at least 4 members (excludes halogenated alkanes) is 43. The van der Waals surface area contributed by atoms with Crippen LogP contribution >= 0.6 is 0 Å². The Hall–Kier alpha value is -2.37. The molecule has 0 radical (unpaired) electrons. The molecule has 0 aliphatic heterocycles. The van der Waals surface area contributed by atoms with Crippen molar-refractivity contribution in [3.05, 3.63) is 36.5 Å². The summed E-state index contributed by atoms with van der Waals surface area (Å²) in [5.74, 6) is -0.865. The number of rotatable bonds is 60. The topological polar surface area (TPSA) is 78.9 Å². The lowest BCUT2D eigenvalue weighted by Gasteiger charge is -2.18. The summed E-state index contributed by atoms with van der Waals surface area (Å²) in [5, 5.41) is 0. The SMILES string of the molecule is CCC/C=C\CCCCCCCC(=O)OC(COC(=O)CCCCCCCCCCCC)COC(=O)CCCCCCCCCCCCCCCCCCCCCCCCC/C=C\C/C=C\CCCCCCC. The molecule has 0 aromatic carbocycles. The Labute approximate surface area is 455 Å². The molecule has 0 aliphatic rings. The highest BCUT2D eigenvalue weighted by molar-refractivity contribution is 5.71. The van der Waals surface area contributed by atoms with Gasteiger partial charge in [0.1, 0.15) is 13.2 Å². The number of carbonyl (C=O) groups is 3. The molecule has 0 N–H and O–H groups in total. The third-order valence-electron chi connectivity index (χ3n) is 14.6. The fourth-order valence-corrected chi connectivity index (χ4v) is 9.71. The first-order valence-corrected chi connectivity index (χ1v) is 32.5. The highest BCUT2D eigenvalue weighted by Crippen LogP contribution is 2.18. The Balaban J connectivity index is 3.90. The van der Waals surface area contributed by atoms with Crippen LogP contribution in [0.4, 0.5) is 0 Å². The van der Waals surface area contributed by atoms with Gasteiger partial charge < -0.3 is 14.2 Å². The molecular weight excluding hydrogens is 901 g/mol. The van der Waals surface area contributed by atoms with Crippen molar-refractivity contribution >= 4 is 17.9 Å². The van der Waals surface area contributed by atoms with Gasteiger partial charge in [-0.1, -0.05) is 301 Å². The van der Waals surface area contributed by atoms with Gasteiger partial charge in [-0.05, 0) is 70.6 Å². The lowest BCUT2D eigenvalue weighted by Crippen LogP contribution is -2.30. The number of carbonyl (C=O) groups excluding carboxylic acids is 3. The average Bonchev–Trinajstić information content (AvgIpc) is 3.39. The Morgan fingerprint density at radius 3 is 0.822 bits per heavy atom. The van der Waals surface area contributed by atoms with Gasteiger partial charge in [-0.2, -0.15) is 0 Å². The van der Waals surface area contributed by atoms with Gasteiger partial charge >= 0.3 is 17.9 Å². The molecule has 0 rings (SSSR count). The van der Waals surface area contributed by atoms with Crippen LogP contribution in [-0.4, -0.2) is 37.2 Å². The maximum atomic E-state index is 12.8. The van der Waals surface area contributed by atoms with E-state index in [9.17, 15) is 14.4 Å². The van der Waals surface area contributed by atoms with E-state index >= 15 is 0 Å². The average molecular weight is 1030 g/mol. The molecule has 1 atom stereocenters. The van der Waals surface area contributed by atoms with Crippen molar-refractivity contribution < 1.29 is 28.6 Å². The molecule has 0 spiro atoms. The zero-order chi connectivity index (χ0) is 52.9. The van der Waals surface area contributed by atoms with E-state index in [1.54, 1.807) is 0 Å². The van der Waals surface area contributed by atoms with Crippen molar-refractivity contribution in [1.82, 2.24) is 0 Å². The molecule has 6 heteroatoms. The number of hydrogen-bond acceptors (Lipinski definition) is 6. The molecule has 73 heavy (non-hydrogen) atoms. The summed E-state index contributed by atoms with van der Waals surface area (Å²) in [6.45, 7) is 6.59. The van der Waals surface area contributed by atoms with Gasteiger partial charge in [0.2, 0.25) is 0 Å². The summed E-state index contributed by atoms with van der Waals surface area (Å²) in [6.07, 6.45) is 76.3. The highest BCUT2D eigenvalue weighted by atomic mass is 16.6. The van der Waals surface area contributed by atoms with Crippen LogP contribution in [0, 0.1) is 0 Å². The number of esters is 3. The van der Waals surface area contributed by atoms with Gasteiger partial charge in [-0.3, -0.25) is 14.4 Å². The first-order valence-electron chi connectivity index (χ1n) is 32.5. The largest absolute Gasteiger partial charge is 0.462 e. The van der Waals surface area contributed by atoms with E-state index in [0.717, 1.165) is 83.5 Å². The minimum absolute atomic E-state index is 0.0702. The molecule has 6 nitrogen and oxygen atoms in total. The Bertz CT molecular complexity index is 1220. The summed E-state index contributed by atoms with van der Waals surface area (Å²) in [4.78, 5) is 38.0. The zero-order valence-corrected chi connectivity index (χ0v) is 49.2. The summed E-state index contributed by atoms with van der Waals surface area (Å²) in [6, 6.07) is 0. The second-order valence-corrected chi connectivity index (χ2v) is 22.0. The summed E-state index contributed by atoms with van der Waals surface area (Å²) in [5.41, 5.74) is 0. The maximum Gasteiger partial charge on any atom is 0.306 e. The first kappa shape index (κ1) is 70.6. The lowest BCUT2D eigenvalue weighted by atomic mass is 10.0. The maximum absolute atomic E-state index is 12.8. The quantitative estimate of drug-likeness (QED) is 0.0261. The van der Waals surface area contributed by atoms with Crippen LogP contribution in [0.2, 0.25) is 0 Å². The fraction of sp³-hybridized carbons (Fsp3) is 0.866. The van der Waals surface area contributed by atoms with Crippen LogP contribution < -0.4 is 0 Å². The highest BCUT2D eigenvalue weighted by Gasteiger charge is 2.19. The summed E-state index contributed by atoms with van der Waals surface area (Å²) >= 11 is 0. The van der Waals surface area contributed by atoms with E-state index in [4.69, 9.17) is 14.2 Å². The van der Waals surface area contributed by atoms with Crippen molar-refractivity contribution in [2.75, 3.05) is 13.2 Å². The van der Waals surface area contributed by atoms with E-state index in [1.165, 1.54) is 231 Å². The Kier molecular flexibility index (Phi) is 60.2. The van der Waals surface area contributed by atoms with Crippen molar-refractivity contribution in [3.63, 3.8) is 0 Å². The van der Waals surface area contributed by atoms with Gasteiger partial charge in [-0.25, -0.2) is 0 Å². The Morgan fingerprint density at radius 2 is 0.521 bits per heavy atom. The third-order valence-corrected chi connectivity index (χ3v) is 14.6. The number of allylic oxidation sites excluding steroid dienone is 6. The zero-order valence-electron chi connectivity index (χ0n) is 49.2. The molecule has 0 bridgehead atoms. The van der Waals surface area contributed by atoms with Crippen molar-refractivity contribution in [1.29, 1.82) is 0 Å². The van der Waals surface area contributed by atoms with Gasteiger partial charge in [0, 0.05) is 19.3 Å². The van der Waals surface area contributed by atoms with E-state index < -0.39 is 6.10 Å². The minimum Gasteiger partial charge on any atom is -0.462 e. The molecule has 0 aromatic rings. The molecule has 0 fully saturated rings. The van der Waals surface area contributed by atoms with Crippen LogP contribution in [0.5, 0.6) is 0 Å². The van der Waals surface area contributed by atoms with Crippen molar-refractivity contribution in [2.24, 2.45) is 0 Å². The fourth-order valence-electron chi connectivity index (χ4n) is 9.71. The number of ether oxygens (including phenoxy) is 3. The molecule has 1 unspecified atom stereocenters. The molecule has 0 heterocycles. The van der Waals surface area contributed by atoms with Crippen LogP contribution in [0.15, 0.2) is 36.5 Å². The van der Waals surface area contributed by atoms with Crippen LogP contribution in [0.1, 0.15) is 355 Å².